The second-order valence-electron chi connectivity index (χ2n) is 3.81. The predicted molar refractivity (Wildman–Crippen MR) is 65.3 cm³/mol. The fourth-order valence-electron chi connectivity index (χ4n) is 1.57. The lowest BCUT2D eigenvalue weighted by molar-refractivity contribution is -0.145. The van der Waals surface area contributed by atoms with E-state index < -0.39 is 11.9 Å². The Kier molecular flexibility index (Phi) is 5.22. The normalized spacial score (nSPS) is 11.6. The van der Waals surface area contributed by atoms with Gasteiger partial charge < -0.3 is 4.74 Å². The molecule has 1 atom stereocenters. The molecular weight excluding hydrogens is 214 g/mol. The summed E-state index contributed by atoms with van der Waals surface area (Å²) in [5.41, 5.74) is 2.24. The molecule has 0 bridgehead atoms. The van der Waals surface area contributed by atoms with Crippen molar-refractivity contribution in [3.63, 3.8) is 0 Å². The van der Waals surface area contributed by atoms with Crippen LogP contribution in [0.3, 0.4) is 0 Å². The fraction of sp³-hybridized carbons (Fsp3) is 0.429. The number of rotatable bonds is 5. The summed E-state index contributed by atoms with van der Waals surface area (Å²) in [5.74, 6) is -1.14. The summed E-state index contributed by atoms with van der Waals surface area (Å²) in [4.78, 5) is 11.5. The molecule has 0 aliphatic rings. The highest BCUT2D eigenvalue weighted by Crippen LogP contribution is 2.12. The summed E-state index contributed by atoms with van der Waals surface area (Å²) >= 11 is 0. The van der Waals surface area contributed by atoms with E-state index in [1.165, 1.54) is 5.56 Å². The van der Waals surface area contributed by atoms with Gasteiger partial charge in [0.2, 0.25) is 0 Å². The molecule has 0 aromatic heterocycles. The van der Waals surface area contributed by atoms with E-state index in [-0.39, 0.29) is 0 Å². The van der Waals surface area contributed by atoms with Gasteiger partial charge in [0.15, 0.2) is 0 Å². The van der Waals surface area contributed by atoms with Gasteiger partial charge in [0, 0.05) is 0 Å². The Bertz CT molecular complexity index is 403. The maximum absolute atomic E-state index is 11.5. The number of nitrogens with zero attached hydrogens (tertiary/aromatic N) is 1. The average Bonchev–Trinajstić information content (AvgIpc) is 2.37. The summed E-state index contributed by atoms with van der Waals surface area (Å²) in [5, 5.41) is 8.93. The maximum atomic E-state index is 11.5. The van der Waals surface area contributed by atoms with Crippen LogP contribution < -0.4 is 0 Å². The van der Waals surface area contributed by atoms with Gasteiger partial charge in [-0.25, -0.2) is 0 Å². The van der Waals surface area contributed by atoms with Gasteiger partial charge in [-0.2, -0.15) is 5.26 Å². The van der Waals surface area contributed by atoms with Gasteiger partial charge in [-0.3, -0.25) is 4.79 Å². The third-order valence-electron chi connectivity index (χ3n) is 2.60. The molecule has 1 rings (SSSR count). The molecule has 0 saturated carbocycles. The molecule has 90 valence electrons. The number of carbonyl (C=O) groups excluding carboxylic acids is 1. The average molecular weight is 231 g/mol. The Hall–Kier alpha value is -1.82. The van der Waals surface area contributed by atoms with Crippen molar-refractivity contribution in [2.24, 2.45) is 5.92 Å². The lowest BCUT2D eigenvalue weighted by Crippen LogP contribution is -2.18. The van der Waals surface area contributed by atoms with Gasteiger partial charge in [-0.05, 0) is 30.9 Å². The van der Waals surface area contributed by atoms with Crippen LogP contribution in [0.15, 0.2) is 24.3 Å². The van der Waals surface area contributed by atoms with Crippen molar-refractivity contribution in [3.05, 3.63) is 35.4 Å². The quantitative estimate of drug-likeness (QED) is 0.731. The molecule has 3 heteroatoms. The molecule has 0 radical (unpaired) electrons. The molecule has 0 fully saturated rings. The number of aryl methyl sites for hydroxylation is 1. The molecule has 1 unspecified atom stereocenters. The molecule has 0 N–H and O–H groups in total. The fourth-order valence-corrected chi connectivity index (χ4v) is 1.57. The first-order valence-electron chi connectivity index (χ1n) is 5.85. The van der Waals surface area contributed by atoms with E-state index in [0.29, 0.717) is 13.0 Å². The van der Waals surface area contributed by atoms with Gasteiger partial charge in [0.1, 0.15) is 5.92 Å². The number of ether oxygens (including phenoxy) is 1. The second-order valence-corrected chi connectivity index (χ2v) is 3.81. The third kappa shape index (κ3) is 3.92. The molecule has 0 spiro atoms. The van der Waals surface area contributed by atoms with E-state index in [9.17, 15) is 4.79 Å². The third-order valence-corrected chi connectivity index (χ3v) is 2.60. The first kappa shape index (κ1) is 13.2. The summed E-state index contributed by atoms with van der Waals surface area (Å²) in [6, 6.07) is 9.96. The topological polar surface area (TPSA) is 50.1 Å². The molecule has 1 aromatic rings. The van der Waals surface area contributed by atoms with E-state index in [2.05, 4.69) is 6.92 Å². The lowest BCUT2D eigenvalue weighted by Gasteiger charge is -2.08. The van der Waals surface area contributed by atoms with Crippen LogP contribution in [0.5, 0.6) is 0 Å². The highest BCUT2D eigenvalue weighted by atomic mass is 16.5. The minimum absolute atomic E-state index is 0.311. The van der Waals surface area contributed by atoms with Gasteiger partial charge in [0.25, 0.3) is 0 Å². The zero-order chi connectivity index (χ0) is 12.7. The van der Waals surface area contributed by atoms with Gasteiger partial charge in [-0.15, -0.1) is 0 Å². The van der Waals surface area contributed by atoms with Crippen molar-refractivity contribution < 1.29 is 9.53 Å². The molecule has 0 heterocycles. The first-order valence-corrected chi connectivity index (χ1v) is 5.85. The lowest BCUT2D eigenvalue weighted by atomic mass is 9.99. The largest absolute Gasteiger partial charge is 0.465 e. The molecule has 3 nitrogen and oxygen atoms in total. The minimum Gasteiger partial charge on any atom is -0.465 e. The second kappa shape index (κ2) is 6.70. The molecule has 0 aliphatic heterocycles. The Labute approximate surface area is 102 Å². The zero-order valence-electron chi connectivity index (χ0n) is 10.3. The predicted octanol–water partition coefficient (Wildman–Crippen LogP) is 2.49. The van der Waals surface area contributed by atoms with Crippen LogP contribution in [0.4, 0.5) is 0 Å². The number of hydrogen-bond acceptors (Lipinski definition) is 3. The van der Waals surface area contributed by atoms with E-state index in [1.54, 1.807) is 6.92 Å². The number of carbonyl (C=O) groups is 1. The number of esters is 1. The van der Waals surface area contributed by atoms with Gasteiger partial charge >= 0.3 is 5.97 Å². The zero-order valence-corrected chi connectivity index (χ0v) is 10.3. The minimum atomic E-state index is -0.706. The van der Waals surface area contributed by atoms with Crippen LogP contribution >= 0.6 is 0 Å². The Morgan fingerprint density at radius 2 is 1.88 bits per heavy atom. The van der Waals surface area contributed by atoms with Crippen molar-refractivity contribution in [2.75, 3.05) is 6.61 Å². The van der Waals surface area contributed by atoms with Crippen LogP contribution in [0, 0.1) is 17.2 Å². The number of hydrogen-bond donors (Lipinski definition) is 0. The van der Waals surface area contributed by atoms with Gasteiger partial charge in [-0.1, -0.05) is 31.2 Å². The summed E-state index contributed by atoms with van der Waals surface area (Å²) in [7, 11) is 0. The monoisotopic (exact) mass is 231 g/mol. The smallest absolute Gasteiger partial charge is 0.323 e. The maximum Gasteiger partial charge on any atom is 0.323 e. The van der Waals surface area contributed by atoms with Crippen LogP contribution in [-0.4, -0.2) is 12.6 Å². The number of nitriles is 1. The molecule has 0 amide bonds. The van der Waals surface area contributed by atoms with E-state index >= 15 is 0 Å². The molecule has 0 aliphatic carbocycles. The molecule has 0 saturated heterocycles. The van der Waals surface area contributed by atoms with Crippen molar-refractivity contribution in [1.82, 2.24) is 0 Å². The van der Waals surface area contributed by atoms with E-state index in [4.69, 9.17) is 10.00 Å². The van der Waals surface area contributed by atoms with Crippen LogP contribution in [0.2, 0.25) is 0 Å². The first-order chi connectivity index (χ1) is 8.21. The summed E-state index contributed by atoms with van der Waals surface area (Å²) in [6.07, 6.45) is 1.40. The van der Waals surface area contributed by atoms with Crippen molar-refractivity contribution in [2.45, 2.75) is 26.7 Å². The standard InChI is InChI=1S/C14H17NO2/c1-3-11-5-7-12(8-6-11)9-13(10-15)14(16)17-4-2/h5-8,13H,3-4,9H2,1-2H3. The van der Waals surface area contributed by atoms with E-state index in [0.717, 1.165) is 12.0 Å². The molecular formula is C14H17NO2. The Morgan fingerprint density at radius 1 is 1.29 bits per heavy atom. The highest BCUT2D eigenvalue weighted by molar-refractivity contribution is 5.75. The van der Waals surface area contributed by atoms with Gasteiger partial charge in [0.05, 0.1) is 12.7 Å². The van der Waals surface area contributed by atoms with Crippen LogP contribution in [-0.2, 0) is 22.4 Å². The van der Waals surface area contributed by atoms with Crippen molar-refractivity contribution in [1.29, 1.82) is 5.26 Å². The summed E-state index contributed by atoms with van der Waals surface area (Å²) < 4.78 is 4.85. The highest BCUT2D eigenvalue weighted by Gasteiger charge is 2.19. The van der Waals surface area contributed by atoms with Crippen LogP contribution in [0.25, 0.3) is 0 Å². The van der Waals surface area contributed by atoms with Crippen molar-refractivity contribution >= 4 is 5.97 Å². The van der Waals surface area contributed by atoms with Crippen molar-refractivity contribution in [3.8, 4) is 6.07 Å². The summed E-state index contributed by atoms with van der Waals surface area (Å²) in [6.45, 7) is 4.14. The Morgan fingerprint density at radius 3 is 2.35 bits per heavy atom. The Balaban J connectivity index is 2.67. The molecule has 17 heavy (non-hydrogen) atoms. The van der Waals surface area contributed by atoms with Crippen LogP contribution in [0.1, 0.15) is 25.0 Å². The number of benzene rings is 1. The SMILES string of the molecule is CCOC(=O)C(C#N)Cc1ccc(CC)cc1. The van der Waals surface area contributed by atoms with E-state index in [1.807, 2.05) is 30.3 Å². The molecule has 1 aromatic carbocycles.